The smallest absolute Gasteiger partial charge is 0.326 e. The maximum Gasteiger partial charge on any atom is 0.326 e. The van der Waals surface area contributed by atoms with E-state index >= 15 is 0 Å². The van der Waals surface area contributed by atoms with E-state index in [0.717, 1.165) is 4.90 Å². The van der Waals surface area contributed by atoms with E-state index in [1.807, 2.05) is 0 Å². The summed E-state index contributed by atoms with van der Waals surface area (Å²) in [6.07, 6.45) is -0.762. The largest absolute Gasteiger partial charge is 0.480 e. The summed E-state index contributed by atoms with van der Waals surface area (Å²) >= 11 is 3.06. The first-order valence-corrected chi connectivity index (χ1v) is 5.75. The molecule has 1 fully saturated rings. The number of aliphatic hydroxyl groups is 1. The molecule has 1 aromatic heterocycles. The number of nitrogens with zero attached hydrogens (tertiary/aromatic N) is 1. The van der Waals surface area contributed by atoms with Gasteiger partial charge in [0.15, 0.2) is 10.4 Å². The van der Waals surface area contributed by atoms with Crippen LogP contribution >= 0.6 is 15.9 Å². The van der Waals surface area contributed by atoms with Crippen molar-refractivity contribution in [1.82, 2.24) is 4.90 Å². The van der Waals surface area contributed by atoms with Crippen molar-refractivity contribution in [2.45, 2.75) is 18.6 Å². The van der Waals surface area contributed by atoms with E-state index in [1.54, 1.807) is 6.07 Å². The number of furan rings is 1. The minimum atomic E-state index is -1.12. The first-order valence-electron chi connectivity index (χ1n) is 4.96. The molecule has 2 heterocycles. The molecule has 0 spiro atoms. The molecule has 17 heavy (non-hydrogen) atoms. The van der Waals surface area contributed by atoms with Crippen molar-refractivity contribution in [3.63, 3.8) is 0 Å². The van der Waals surface area contributed by atoms with Crippen molar-refractivity contribution in [2.24, 2.45) is 0 Å². The normalized spacial score (nSPS) is 24.0. The summed E-state index contributed by atoms with van der Waals surface area (Å²) in [5.74, 6) is -1.60. The van der Waals surface area contributed by atoms with Gasteiger partial charge in [-0.05, 0) is 28.1 Å². The molecule has 6 nitrogen and oxygen atoms in total. The second-order valence-corrected chi connectivity index (χ2v) is 4.59. The van der Waals surface area contributed by atoms with Crippen LogP contribution in [0.15, 0.2) is 21.2 Å². The molecule has 2 rings (SSSR count). The standard InChI is InChI=1S/C10H10BrNO5/c11-8-2-1-7(17-8)9(14)12-4-5(13)3-6(12)10(15)16/h1-2,5-6,13H,3-4H2,(H,15,16)/t5-,6-/m0/s1. The lowest BCUT2D eigenvalue weighted by atomic mass is 10.2. The quantitative estimate of drug-likeness (QED) is 0.839. The molecule has 2 N–H and O–H groups in total. The molecule has 0 aromatic carbocycles. The van der Waals surface area contributed by atoms with Crippen LogP contribution in [0.1, 0.15) is 17.0 Å². The molecule has 1 aromatic rings. The molecule has 0 unspecified atom stereocenters. The molecular weight excluding hydrogens is 294 g/mol. The molecule has 1 saturated heterocycles. The van der Waals surface area contributed by atoms with Crippen LogP contribution in [-0.4, -0.2) is 45.7 Å². The van der Waals surface area contributed by atoms with Crippen LogP contribution in [0.4, 0.5) is 0 Å². The van der Waals surface area contributed by atoms with Crippen molar-refractivity contribution < 1.29 is 24.2 Å². The van der Waals surface area contributed by atoms with E-state index in [9.17, 15) is 14.7 Å². The van der Waals surface area contributed by atoms with Crippen LogP contribution in [0.5, 0.6) is 0 Å². The van der Waals surface area contributed by atoms with Crippen LogP contribution < -0.4 is 0 Å². The molecule has 1 aliphatic heterocycles. The van der Waals surface area contributed by atoms with Gasteiger partial charge < -0.3 is 19.5 Å². The fourth-order valence-corrected chi connectivity index (χ4v) is 2.15. The fraction of sp³-hybridized carbons (Fsp3) is 0.400. The maximum atomic E-state index is 12.0. The Morgan fingerprint density at radius 3 is 2.71 bits per heavy atom. The van der Waals surface area contributed by atoms with Gasteiger partial charge in [0.1, 0.15) is 6.04 Å². The average Bonchev–Trinajstić information content (AvgIpc) is 2.83. The Labute approximate surface area is 105 Å². The number of hydrogen-bond donors (Lipinski definition) is 2. The molecule has 92 valence electrons. The van der Waals surface area contributed by atoms with Crippen LogP contribution in [0.3, 0.4) is 0 Å². The lowest BCUT2D eigenvalue weighted by Crippen LogP contribution is -2.40. The fourth-order valence-electron chi connectivity index (χ4n) is 1.84. The average molecular weight is 304 g/mol. The number of carboxylic acid groups (broad SMARTS) is 1. The highest BCUT2D eigenvalue weighted by molar-refractivity contribution is 9.10. The Balaban J connectivity index is 2.21. The van der Waals surface area contributed by atoms with Gasteiger partial charge >= 0.3 is 5.97 Å². The Morgan fingerprint density at radius 1 is 1.47 bits per heavy atom. The molecular formula is C10H10BrNO5. The van der Waals surface area contributed by atoms with Gasteiger partial charge in [-0.3, -0.25) is 4.79 Å². The van der Waals surface area contributed by atoms with E-state index in [2.05, 4.69) is 15.9 Å². The van der Waals surface area contributed by atoms with Gasteiger partial charge in [-0.2, -0.15) is 0 Å². The number of hydrogen-bond acceptors (Lipinski definition) is 4. The monoisotopic (exact) mass is 303 g/mol. The summed E-state index contributed by atoms with van der Waals surface area (Å²) in [6.45, 7) is 0.00805. The first-order chi connectivity index (χ1) is 7.99. The number of β-amino-alcohol motifs (C(OH)–C–C–N with tert-alkyl or cyclic N) is 1. The third-order valence-corrected chi connectivity index (χ3v) is 3.04. The van der Waals surface area contributed by atoms with Gasteiger partial charge in [0.05, 0.1) is 6.10 Å². The summed E-state index contributed by atoms with van der Waals surface area (Å²) < 4.78 is 5.47. The third-order valence-electron chi connectivity index (χ3n) is 2.61. The predicted octanol–water partition coefficient (Wildman–Crippen LogP) is 0.702. The molecule has 0 saturated carbocycles. The number of halogens is 1. The summed E-state index contributed by atoms with van der Waals surface area (Å²) in [5, 5.41) is 18.4. The van der Waals surface area contributed by atoms with Gasteiger partial charge in [-0.1, -0.05) is 0 Å². The Bertz CT molecular complexity index is 457. The zero-order valence-electron chi connectivity index (χ0n) is 8.67. The van der Waals surface area contributed by atoms with Gasteiger partial charge in [0.2, 0.25) is 0 Å². The number of likely N-dealkylation sites (tertiary alicyclic amines) is 1. The molecule has 0 radical (unpaired) electrons. The Hall–Kier alpha value is -1.34. The SMILES string of the molecule is O=C(O)[C@@H]1C[C@H](O)CN1C(=O)c1ccc(Br)o1. The highest BCUT2D eigenvalue weighted by Crippen LogP contribution is 2.23. The zero-order valence-corrected chi connectivity index (χ0v) is 10.3. The van der Waals surface area contributed by atoms with Gasteiger partial charge in [-0.15, -0.1) is 0 Å². The maximum absolute atomic E-state index is 12.0. The summed E-state index contributed by atoms with van der Waals surface area (Å²) in [6, 6.07) is 2.01. The molecule has 7 heteroatoms. The minimum Gasteiger partial charge on any atom is -0.480 e. The van der Waals surface area contributed by atoms with Crippen LogP contribution in [0.2, 0.25) is 0 Å². The number of aliphatic hydroxyl groups excluding tert-OH is 1. The highest BCUT2D eigenvalue weighted by Gasteiger charge is 2.40. The number of aliphatic carboxylic acids is 1. The van der Waals surface area contributed by atoms with Crippen molar-refractivity contribution in [1.29, 1.82) is 0 Å². The Kier molecular flexibility index (Phi) is 3.21. The third kappa shape index (κ3) is 2.34. The predicted molar refractivity (Wildman–Crippen MR) is 59.5 cm³/mol. The number of carboxylic acids is 1. The van der Waals surface area contributed by atoms with Crippen molar-refractivity contribution >= 4 is 27.8 Å². The number of rotatable bonds is 2. The zero-order chi connectivity index (χ0) is 12.6. The van der Waals surface area contributed by atoms with Gasteiger partial charge in [0.25, 0.3) is 5.91 Å². The lowest BCUT2D eigenvalue weighted by Gasteiger charge is -2.19. The summed E-state index contributed by atoms with van der Waals surface area (Å²) in [4.78, 5) is 24.0. The van der Waals surface area contributed by atoms with E-state index < -0.39 is 24.0 Å². The molecule has 0 aliphatic carbocycles. The molecule has 1 amide bonds. The van der Waals surface area contributed by atoms with Crippen LogP contribution in [-0.2, 0) is 4.79 Å². The Morgan fingerprint density at radius 2 is 2.18 bits per heavy atom. The van der Waals surface area contributed by atoms with E-state index in [4.69, 9.17) is 9.52 Å². The molecule has 1 aliphatic rings. The number of carbonyl (C=O) groups excluding carboxylic acids is 1. The van der Waals surface area contributed by atoms with Crippen molar-refractivity contribution in [3.8, 4) is 0 Å². The number of amides is 1. The second-order valence-electron chi connectivity index (χ2n) is 3.80. The number of carbonyl (C=O) groups is 2. The molecule has 2 atom stereocenters. The lowest BCUT2D eigenvalue weighted by molar-refractivity contribution is -0.141. The first kappa shape index (κ1) is 12.1. The van der Waals surface area contributed by atoms with Crippen LogP contribution in [0.25, 0.3) is 0 Å². The topological polar surface area (TPSA) is 91.0 Å². The van der Waals surface area contributed by atoms with Crippen molar-refractivity contribution in [3.05, 3.63) is 22.6 Å². The van der Waals surface area contributed by atoms with Crippen molar-refractivity contribution in [2.75, 3.05) is 6.54 Å². The minimum absolute atomic E-state index is 0.00805. The summed E-state index contributed by atoms with van der Waals surface area (Å²) in [7, 11) is 0. The van der Waals surface area contributed by atoms with Crippen LogP contribution in [0, 0.1) is 0 Å². The second kappa shape index (κ2) is 4.50. The van der Waals surface area contributed by atoms with E-state index in [1.165, 1.54) is 6.07 Å². The van der Waals surface area contributed by atoms with Gasteiger partial charge in [0, 0.05) is 13.0 Å². The highest BCUT2D eigenvalue weighted by atomic mass is 79.9. The van der Waals surface area contributed by atoms with Gasteiger partial charge in [-0.25, -0.2) is 4.79 Å². The summed E-state index contributed by atoms with van der Waals surface area (Å²) in [5.41, 5.74) is 0. The molecule has 0 bridgehead atoms. The van der Waals surface area contributed by atoms with E-state index in [-0.39, 0.29) is 18.7 Å². The van der Waals surface area contributed by atoms with E-state index in [0.29, 0.717) is 4.67 Å².